The third kappa shape index (κ3) is 4.26. The van der Waals surface area contributed by atoms with Crippen LogP contribution in [-0.2, 0) is 19.1 Å². The molecule has 0 radical (unpaired) electrons. The summed E-state index contributed by atoms with van der Waals surface area (Å²) in [6.07, 6.45) is -12.0. The first kappa shape index (κ1) is 24.5. The van der Waals surface area contributed by atoms with Crippen molar-refractivity contribution in [3.63, 3.8) is 0 Å². The second-order valence-electron chi connectivity index (χ2n) is 6.62. The van der Waals surface area contributed by atoms with Gasteiger partial charge in [-0.1, -0.05) is 22.8 Å². The summed E-state index contributed by atoms with van der Waals surface area (Å²) in [6.45, 7) is 0. The molecule has 0 aliphatic heterocycles. The first-order valence-corrected chi connectivity index (χ1v) is 9.05. The SMILES string of the molecule is CNC(=O)c1cc(-c2cc(-c3c(C(F)(F)F)c(C(F)(F)C(F)(F)F)nn3C)on2)ccc1Cl. The number of hydrogen-bond donors (Lipinski definition) is 1. The van der Waals surface area contributed by atoms with Crippen LogP contribution in [0.2, 0.25) is 5.02 Å². The van der Waals surface area contributed by atoms with E-state index < -0.39 is 46.9 Å². The number of alkyl halides is 8. The molecule has 178 valence electrons. The van der Waals surface area contributed by atoms with Crippen molar-refractivity contribution in [2.24, 2.45) is 7.05 Å². The molecule has 0 bridgehead atoms. The van der Waals surface area contributed by atoms with Crippen molar-refractivity contribution in [3.05, 3.63) is 46.1 Å². The van der Waals surface area contributed by atoms with E-state index in [-0.39, 0.29) is 26.5 Å². The number of benzene rings is 1. The van der Waals surface area contributed by atoms with Gasteiger partial charge >= 0.3 is 18.3 Å². The topological polar surface area (TPSA) is 73.0 Å². The minimum absolute atomic E-state index is 0.00941. The Bertz CT molecular complexity index is 1210. The summed E-state index contributed by atoms with van der Waals surface area (Å²) < 4.78 is 112. The summed E-state index contributed by atoms with van der Waals surface area (Å²) >= 11 is 5.93. The zero-order valence-electron chi connectivity index (χ0n) is 16.4. The maximum atomic E-state index is 13.8. The molecule has 1 N–H and O–H groups in total. The van der Waals surface area contributed by atoms with Crippen molar-refractivity contribution >= 4 is 17.5 Å². The molecular weight excluding hydrogens is 492 g/mol. The highest BCUT2D eigenvalue weighted by molar-refractivity contribution is 6.34. The van der Waals surface area contributed by atoms with Crippen LogP contribution >= 0.6 is 11.6 Å². The van der Waals surface area contributed by atoms with Crippen LogP contribution in [-0.4, -0.2) is 34.1 Å². The Morgan fingerprint density at radius 3 is 2.27 bits per heavy atom. The molecule has 6 nitrogen and oxygen atoms in total. The number of carbonyl (C=O) groups is 1. The van der Waals surface area contributed by atoms with Crippen LogP contribution in [0.1, 0.15) is 21.6 Å². The van der Waals surface area contributed by atoms with E-state index in [1.807, 2.05) is 0 Å². The van der Waals surface area contributed by atoms with E-state index >= 15 is 0 Å². The Labute approximate surface area is 184 Å². The molecule has 0 aliphatic carbocycles. The lowest BCUT2D eigenvalue weighted by Crippen LogP contribution is -2.36. The van der Waals surface area contributed by atoms with Crippen LogP contribution in [0.5, 0.6) is 0 Å². The quantitative estimate of drug-likeness (QED) is 0.483. The second-order valence-corrected chi connectivity index (χ2v) is 7.02. The van der Waals surface area contributed by atoms with Crippen LogP contribution in [0.15, 0.2) is 28.8 Å². The van der Waals surface area contributed by atoms with E-state index in [9.17, 15) is 39.9 Å². The summed E-state index contributed by atoms with van der Waals surface area (Å²) in [4.78, 5) is 11.9. The fraction of sp³-hybridized carbons (Fsp3) is 0.278. The molecule has 0 spiro atoms. The first-order valence-electron chi connectivity index (χ1n) is 8.68. The molecule has 2 heterocycles. The summed E-state index contributed by atoms with van der Waals surface area (Å²) in [5.41, 5.74) is -6.05. The Morgan fingerprint density at radius 2 is 1.73 bits per heavy atom. The van der Waals surface area contributed by atoms with Crippen LogP contribution in [0, 0.1) is 0 Å². The van der Waals surface area contributed by atoms with Gasteiger partial charge < -0.3 is 9.84 Å². The average molecular weight is 503 g/mol. The van der Waals surface area contributed by atoms with Gasteiger partial charge in [0, 0.05) is 25.7 Å². The Morgan fingerprint density at radius 1 is 1.09 bits per heavy atom. The highest BCUT2D eigenvalue weighted by Gasteiger charge is 2.64. The van der Waals surface area contributed by atoms with Gasteiger partial charge in [0.25, 0.3) is 5.91 Å². The van der Waals surface area contributed by atoms with Crippen molar-refractivity contribution in [2.45, 2.75) is 18.3 Å². The monoisotopic (exact) mass is 502 g/mol. The molecule has 0 saturated heterocycles. The Kier molecular flexibility index (Phi) is 5.94. The van der Waals surface area contributed by atoms with Gasteiger partial charge in [-0.3, -0.25) is 9.48 Å². The number of amides is 1. The molecule has 15 heteroatoms. The third-order valence-corrected chi connectivity index (χ3v) is 4.79. The number of aromatic nitrogens is 3. The van der Waals surface area contributed by atoms with Gasteiger partial charge in [-0.25, -0.2) is 0 Å². The number of nitrogens with one attached hydrogen (secondary N) is 1. The summed E-state index contributed by atoms with van der Waals surface area (Å²) in [6, 6.07) is 4.75. The van der Waals surface area contributed by atoms with Gasteiger partial charge in [0.1, 0.15) is 17.0 Å². The molecule has 2 aromatic heterocycles. The minimum atomic E-state index is -6.33. The van der Waals surface area contributed by atoms with Gasteiger partial charge in [-0.05, 0) is 12.1 Å². The Hall–Kier alpha value is -3.16. The lowest BCUT2D eigenvalue weighted by molar-refractivity contribution is -0.292. The molecule has 0 fully saturated rings. The van der Waals surface area contributed by atoms with Gasteiger partial charge in [-0.15, -0.1) is 0 Å². The number of nitrogens with zero attached hydrogens (tertiary/aromatic N) is 3. The van der Waals surface area contributed by atoms with E-state index in [4.69, 9.17) is 16.1 Å². The first-order chi connectivity index (χ1) is 15.1. The number of aryl methyl sites for hydroxylation is 1. The van der Waals surface area contributed by atoms with Crippen molar-refractivity contribution in [1.29, 1.82) is 0 Å². The maximum Gasteiger partial charge on any atom is 0.459 e. The van der Waals surface area contributed by atoms with Crippen molar-refractivity contribution in [3.8, 4) is 22.7 Å². The van der Waals surface area contributed by atoms with Crippen LogP contribution in [0.25, 0.3) is 22.7 Å². The van der Waals surface area contributed by atoms with Gasteiger partial charge in [0.05, 0.1) is 10.6 Å². The van der Waals surface area contributed by atoms with Gasteiger partial charge in [0.15, 0.2) is 11.5 Å². The second kappa shape index (κ2) is 8.01. The zero-order chi connectivity index (χ0) is 24.9. The molecule has 1 amide bonds. The van der Waals surface area contributed by atoms with Crippen LogP contribution in [0.4, 0.5) is 35.1 Å². The fourth-order valence-electron chi connectivity index (χ4n) is 2.95. The predicted octanol–water partition coefficient (Wildman–Crippen LogP) is 5.43. The molecule has 0 aliphatic rings. The highest BCUT2D eigenvalue weighted by atomic mass is 35.5. The van der Waals surface area contributed by atoms with Gasteiger partial charge in [-0.2, -0.15) is 40.2 Å². The fourth-order valence-corrected chi connectivity index (χ4v) is 3.15. The van der Waals surface area contributed by atoms with Crippen molar-refractivity contribution < 1.29 is 44.4 Å². The normalized spacial score (nSPS) is 12.8. The Balaban J connectivity index is 2.18. The number of hydrogen-bond acceptors (Lipinski definition) is 4. The molecule has 0 saturated carbocycles. The predicted molar refractivity (Wildman–Crippen MR) is 97.5 cm³/mol. The largest absolute Gasteiger partial charge is 0.459 e. The van der Waals surface area contributed by atoms with Crippen LogP contribution < -0.4 is 5.32 Å². The molecule has 3 aromatic rings. The standard InChI is InChI=1S/C18H11ClF8N4O2/c1-28-15(32)8-5-7(3-4-9(8)19)10-6-11(33-30-10)13-12(17(22,23)24)14(29-31(13)2)16(20,21)18(25,26)27/h3-6H,1-2H3,(H,28,32). The van der Waals surface area contributed by atoms with E-state index in [1.54, 1.807) is 0 Å². The number of rotatable bonds is 4. The number of carbonyl (C=O) groups excluding carboxylic acids is 1. The lowest BCUT2D eigenvalue weighted by Gasteiger charge is -2.19. The van der Waals surface area contributed by atoms with Crippen molar-refractivity contribution in [2.75, 3.05) is 7.05 Å². The minimum Gasteiger partial charge on any atom is -0.355 e. The summed E-state index contributed by atoms with van der Waals surface area (Å²) in [7, 11) is 2.07. The van der Waals surface area contributed by atoms with Crippen molar-refractivity contribution in [1.82, 2.24) is 20.3 Å². The van der Waals surface area contributed by atoms with Gasteiger partial charge in [0.2, 0.25) is 0 Å². The van der Waals surface area contributed by atoms with E-state index in [0.717, 1.165) is 13.1 Å². The molecule has 33 heavy (non-hydrogen) atoms. The van der Waals surface area contributed by atoms with Crippen LogP contribution in [0.3, 0.4) is 0 Å². The summed E-state index contributed by atoms with van der Waals surface area (Å²) in [5.74, 6) is -7.27. The molecular formula is C18H11ClF8N4O2. The highest BCUT2D eigenvalue weighted by Crippen LogP contribution is 2.50. The molecule has 0 unspecified atom stereocenters. The lowest BCUT2D eigenvalue weighted by atomic mass is 10.0. The zero-order valence-corrected chi connectivity index (χ0v) is 17.1. The molecule has 3 rings (SSSR count). The van der Waals surface area contributed by atoms with E-state index in [1.165, 1.54) is 25.2 Å². The third-order valence-electron chi connectivity index (χ3n) is 4.46. The maximum absolute atomic E-state index is 13.8. The summed E-state index contributed by atoms with van der Waals surface area (Å²) in [5, 5.41) is 8.71. The van der Waals surface area contributed by atoms with E-state index in [0.29, 0.717) is 0 Å². The smallest absolute Gasteiger partial charge is 0.355 e. The molecule has 1 aromatic carbocycles. The average Bonchev–Trinajstić information content (AvgIpc) is 3.31. The molecule has 0 atom stereocenters. The van der Waals surface area contributed by atoms with E-state index in [2.05, 4.69) is 15.6 Å². The number of halogens is 9.